The van der Waals surface area contributed by atoms with Crippen LogP contribution >= 0.6 is 0 Å². The van der Waals surface area contributed by atoms with Crippen molar-refractivity contribution in [3.05, 3.63) is 60.2 Å². The second-order valence-electron chi connectivity index (χ2n) is 10.0. The van der Waals surface area contributed by atoms with Gasteiger partial charge in [0.1, 0.15) is 11.9 Å². The quantitative estimate of drug-likeness (QED) is 0.714. The first kappa shape index (κ1) is 21.1. The van der Waals surface area contributed by atoms with Crippen molar-refractivity contribution in [2.45, 2.75) is 38.8 Å². The molecule has 3 saturated heterocycles. The molecule has 6 rings (SSSR count). The zero-order valence-electron chi connectivity index (χ0n) is 19.0. The number of amides is 1. The second-order valence-corrected chi connectivity index (χ2v) is 10.0. The predicted octanol–water partition coefficient (Wildman–Crippen LogP) is 5.28. The number of carbonyl (C=O) groups excluding carboxylic acids is 1. The van der Waals surface area contributed by atoms with E-state index in [0.29, 0.717) is 12.5 Å². The summed E-state index contributed by atoms with van der Waals surface area (Å²) in [5, 5.41) is 3.18. The molecule has 0 spiro atoms. The minimum Gasteiger partial charge on any atom is -0.493 e. The summed E-state index contributed by atoms with van der Waals surface area (Å²) >= 11 is 0. The highest BCUT2D eigenvalue weighted by Crippen LogP contribution is 2.44. The summed E-state index contributed by atoms with van der Waals surface area (Å²) in [6.45, 7) is 11.8. The number of fused-ring (bicyclic) bond motifs is 4. The molecule has 0 radical (unpaired) electrons. The van der Waals surface area contributed by atoms with E-state index in [1.165, 1.54) is 0 Å². The third-order valence-corrected chi connectivity index (χ3v) is 7.28. The number of rotatable bonds is 4. The molecule has 2 aromatic carbocycles. The Morgan fingerprint density at radius 3 is 2.69 bits per heavy atom. The van der Waals surface area contributed by atoms with Crippen LogP contribution in [-0.4, -0.2) is 43.3 Å². The van der Waals surface area contributed by atoms with Crippen LogP contribution in [0, 0.1) is 11.3 Å². The van der Waals surface area contributed by atoms with Gasteiger partial charge in [-0.25, -0.2) is 4.79 Å². The molecule has 2 bridgehead atoms. The maximum atomic E-state index is 12.9. The first-order valence-corrected chi connectivity index (χ1v) is 11.6. The van der Waals surface area contributed by atoms with E-state index >= 15 is 0 Å². The molecule has 1 unspecified atom stereocenters. The molecule has 0 aromatic heterocycles. The Hall–Kier alpha value is -2.79. The fraction of sp³-hybridized carbons (Fsp3) is 0.444. The predicted molar refractivity (Wildman–Crippen MR) is 127 cm³/mol. The molecule has 5 heteroatoms. The zero-order chi connectivity index (χ0) is 22.3. The number of nitrogens with zero attached hydrogens (tertiary/aromatic N) is 1. The molecule has 0 saturated carbocycles. The Morgan fingerprint density at radius 2 is 1.97 bits per heavy atom. The summed E-state index contributed by atoms with van der Waals surface area (Å²) in [6, 6.07) is 14.3. The fourth-order valence-electron chi connectivity index (χ4n) is 5.30. The van der Waals surface area contributed by atoms with Crippen molar-refractivity contribution in [3.63, 3.8) is 0 Å². The Labute approximate surface area is 190 Å². The third-order valence-electron chi connectivity index (χ3n) is 7.28. The fourth-order valence-corrected chi connectivity index (χ4v) is 5.30. The molecule has 4 heterocycles. The van der Waals surface area contributed by atoms with Gasteiger partial charge in [-0.3, -0.25) is 4.90 Å². The Kier molecular flexibility index (Phi) is 5.46. The molecule has 32 heavy (non-hydrogen) atoms. The van der Waals surface area contributed by atoms with Crippen LogP contribution in [0.4, 0.5) is 4.79 Å². The molecule has 1 amide bonds. The largest absolute Gasteiger partial charge is 0.493 e. The van der Waals surface area contributed by atoms with Crippen molar-refractivity contribution < 1.29 is 14.3 Å². The van der Waals surface area contributed by atoms with Crippen LogP contribution in [-0.2, 0) is 4.74 Å². The molecule has 3 fully saturated rings. The molecule has 2 atom stereocenters. The van der Waals surface area contributed by atoms with Crippen molar-refractivity contribution in [1.29, 1.82) is 0 Å². The number of hydrogen-bond acceptors (Lipinski definition) is 4. The van der Waals surface area contributed by atoms with Crippen LogP contribution in [0.1, 0.15) is 43.9 Å². The number of hydrogen-bond donors (Lipinski definition) is 1. The van der Waals surface area contributed by atoms with E-state index in [2.05, 4.69) is 61.0 Å². The van der Waals surface area contributed by atoms with Crippen LogP contribution in [0.5, 0.6) is 5.75 Å². The van der Waals surface area contributed by atoms with Gasteiger partial charge >= 0.3 is 6.09 Å². The first-order valence-electron chi connectivity index (χ1n) is 11.6. The van der Waals surface area contributed by atoms with Crippen LogP contribution < -0.4 is 10.1 Å². The highest BCUT2D eigenvalue weighted by molar-refractivity contribution is 5.71. The van der Waals surface area contributed by atoms with Gasteiger partial charge in [0.25, 0.3) is 0 Å². The van der Waals surface area contributed by atoms with Crippen molar-refractivity contribution >= 4 is 12.2 Å². The molecule has 1 N–H and O–H groups in total. The lowest BCUT2D eigenvalue weighted by molar-refractivity contribution is -0.0361. The maximum Gasteiger partial charge on any atom is 0.407 e. The molecule has 2 aromatic rings. The summed E-state index contributed by atoms with van der Waals surface area (Å²) in [4.78, 5) is 15.3. The standard InChI is InChI=1S/C27H32N2O3/c1-4-18-6-5-7-20(14-18)21-8-9-22-23(15-21)31-17-27(2,3)25(22)28-26(30)32-24-16-29-12-10-19(24)11-13-29/h4-9,14-15,19,24-25H,1,10-13,16-17H2,2-3H3,(H,28,30)/t24-,25?/m0/s1. The summed E-state index contributed by atoms with van der Waals surface area (Å²) in [5.41, 5.74) is 4.03. The zero-order valence-corrected chi connectivity index (χ0v) is 19.0. The van der Waals surface area contributed by atoms with Gasteiger partial charge in [0.05, 0.1) is 12.6 Å². The lowest BCUT2D eigenvalue weighted by Gasteiger charge is -2.44. The summed E-state index contributed by atoms with van der Waals surface area (Å²) < 4.78 is 12.1. The summed E-state index contributed by atoms with van der Waals surface area (Å²) in [7, 11) is 0. The number of benzene rings is 2. The van der Waals surface area contributed by atoms with Gasteiger partial charge in [-0.2, -0.15) is 0 Å². The molecule has 168 valence electrons. The molecule has 5 nitrogen and oxygen atoms in total. The average molecular weight is 433 g/mol. The number of alkyl carbamates (subject to hydrolysis) is 1. The molecular weight excluding hydrogens is 400 g/mol. The van der Waals surface area contributed by atoms with Crippen molar-refractivity contribution in [1.82, 2.24) is 10.2 Å². The lowest BCUT2D eigenvalue weighted by Crippen LogP contribution is -2.53. The first-order chi connectivity index (χ1) is 15.4. The van der Waals surface area contributed by atoms with Gasteiger partial charge < -0.3 is 14.8 Å². The Bertz CT molecular complexity index is 1020. The Morgan fingerprint density at radius 1 is 1.19 bits per heavy atom. The van der Waals surface area contributed by atoms with Gasteiger partial charge in [-0.05, 0) is 60.7 Å². The van der Waals surface area contributed by atoms with E-state index in [1.54, 1.807) is 0 Å². The molecule has 0 aliphatic carbocycles. The molecular formula is C27H32N2O3. The normalized spacial score (nSPS) is 27.7. The van der Waals surface area contributed by atoms with Crippen molar-refractivity contribution in [2.75, 3.05) is 26.2 Å². The average Bonchev–Trinajstić information content (AvgIpc) is 2.81. The second kappa shape index (κ2) is 8.28. The van der Waals surface area contributed by atoms with E-state index in [1.807, 2.05) is 18.2 Å². The lowest BCUT2D eigenvalue weighted by atomic mass is 9.78. The van der Waals surface area contributed by atoms with Crippen LogP contribution in [0.2, 0.25) is 0 Å². The monoisotopic (exact) mass is 432 g/mol. The van der Waals surface area contributed by atoms with E-state index < -0.39 is 0 Å². The van der Waals surface area contributed by atoms with Gasteiger partial charge in [0, 0.05) is 17.5 Å². The maximum absolute atomic E-state index is 12.9. The number of nitrogens with one attached hydrogen (secondary N) is 1. The summed E-state index contributed by atoms with van der Waals surface area (Å²) in [6.07, 6.45) is 3.78. The number of carbonyl (C=O) groups is 1. The van der Waals surface area contributed by atoms with Crippen molar-refractivity contribution in [2.24, 2.45) is 11.3 Å². The van der Waals surface area contributed by atoms with E-state index in [4.69, 9.17) is 9.47 Å². The van der Waals surface area contributed by atoms with E-state index in [9.17, 15) is 4.79 Å². The molecule has 4 aliphatic rings. The number of piperidine rings is 3. The highest BCUT2D eigenvalue weighted by atomic mass is 16.6. The minimum absolute atomic E-state index is 0.000522. The van der Waals surface area contributed by atoms with Gasteiger partial charge in [-0.1, -0.05) is 56.8 Å². The van der Waals surface area contributed by atoms with Gasteiger partial charge in [0.15, 0.2) is 0 Å². The van der Waals surface area contributed by atoms with Crippen molar-refractivity contribution in [3.8, 4) is 16.9 Å². The van der Waals surface area contributed by atoms with E-state index in [0.717, 1.165) is 60.5 Å². The van der Waals surface area contributed by atoms with Crippen LogP contribution in [0.15, 0.2) is 49.0 Å². The van der Waals surface area contributed by atoms with E-state index in [-0.39, 0.29) is 23.7 Å². The minimum atomic E-state index is -0.322. The van der Waals surface area contributed by atoms with Crippen LogP contribution in [0.3, 0.4) is 0 Å². The van der Waals surface area contributed by atoms with Gasteiger partial charge in [0.2, 0.25) is 0 Å². The summed E-state index contributed by atoms with van der Waals surface area (Å²) in [5.74, 6) is 1.31. The highest BCUT2D eigenvalue weighted by Gasteiger charge is 2.41. The number of ether oxygens (including phenoxy) is 2. The molecule has 4 aliphatic heterocycles. The SMILES string of the molecule is C=Cc1cccc(-c2ccc3c(c2)OCC(C)(C)C3NC(=O)O[C@H]2CN3CCC2CC3)c1. The third kappa shape index (κ3) is 4.02. The topological polar surface area (TPSA) is 50.8 Å². The van der Waals surface area contributed by atoms with Gasteiger partial charge in [-0.15, -0.1) is 0 Å². The van der Waals surface area contributed by atoms with Crippen LogP contribution in [0.25, 0.3) is 17.2 Å². The Balaban J connectivity index is 1.36. The smallest absolute Gasteiger partial charge is 0.407 e.